The zero-order valence-electron chi connectivity index (χ0n) is 10.6. The number of nitrogens with one attached hydrogen (secondary N) is 1. The highest BCUT2D eigenvalue weighted by atomic mass is 16.1. The number of nitrogens with zero attached hydrogens (tertiary/aromatic N) is 1. The monoisotopic (exact) mass is 240 g/mol. The van der Waals surface area contributed by atoms with Gasteiger partial charge in [-0.3, -0.25) is 4.79 Å². The van der Waals surface area contributed by atoms with Gasteiger partial charge in [-0.1, -0.05) is 44.2 Å². The average Bonchev–Trinajstić information content (AvgIpc) is 2.38. The van der Waals surface area contributed by atoms with Crippen molar-refractivity contribution in [2.24, 2.45) is 0 Å². The Kier molecular flexibility index (Phi) is 3.72. The number of rotatable bonds is 3. The Morgan fingerprint density at radius 1 is 1.06 bits per heavy atom. The molecule has 0 atom stereocenters. The fraction of sp³-hybridized carbons (Fsp3) is 0.200. The van der Waals surface area contributed by atoms with Gasteiger partial charge in [0.05, 0.1) is 5.69 Å². The molecule has 92 valence electrons. The zero-order chi connectivity index (χ0) is 13.0. The molecule has 0 fully saturated rings. The SMILES string of the molecule is CC(C)c1ccc(/C=C/c2ccc(=O)[nH]n2)cc1. The van der Waals surface area contributed by atoms with Gasteiger partial charge in [-0.25, -0.2) is 5.10 Å². The van der Waals surface area contributed by atoms with Crippen LogP contribution in [-0.2, 0) is 0 Å². The lowest BCUT2D eigenvalue weighted by Gasteiger charge is -2.04. The van der Waals surface area contributed by atoms with E-state index in [1.165, 1.54) is 11.6 Å². The third-order valence-electron chi connectivity index (χ3n) is 2.75. The van der Waals surface area contributed by atoms with Crippen LogP contribution in [0.3, 0.4) is 0 Å². The van der Waals surface area contributed by atoms with Gasteiger partial charge in [0.15, 0.2) is 0 Å². The van der Waals surface area contributed by atoms with Gasteiger partial charge in [0.2, 0.25) is 0 Å². The summed E-state index contributed by atoms with van der Waals surface area (Å²) in [5.74, 6) is 0.545. The molecule has 0 aliphatic carbocycles. The van der Waals surface area contributed by atoms with E-state index in [-0.39, 0.29) is 5.56 Å². The summed E-state index contributed by atoms with van der Waals surface area (Å²) in [6.07, 6.45) is 3.85. The van der Waals surface area contributed by atoms with Crippen LogP contribution in [0.25, 0.3) is 12.2 Å². The van der Waals surface area contributed by atoms with Crippen LogP contribution in [0, 0.1) is 0 Å². The summed E-state index contributed by atoms with van der Waals surface area (Å²) < 4.78 is 0. The third-order valence-corrected chi connectivity index (χ3v) is 2.75. The molecule has 0 spiro atoms. The standard InChI is InChI=1S/C15H16N2O/c1-11(2)13-6-3-12(4-7-13)5-8-14-9-10-15(18)17-16-14/h3-11H,1-2H3,(H,17,18)/b8-5+. The van der Waals surface area contributed by atoms with Crippen molar-refractivity contribution in [3.63, 3.8) is 0 Å². The summed E-state index contributed by atoms with van der Waals surface area (Å²) in [4.78, 5) is 10.9. The van der Waals surface area contributed by atoms with E-state index in [9.17, 15) is 4.79 Å². The molecule has 0 aliphatic rings. The number of benzene rings is 1. The second-order valence-electron chi connectivity index (χ2n) is 4.50. The number of aromatic nitrogens is 2. The summed E-state index contributed by atoms with van der Waals surface area (Å²) in [6.45, 7) is 4.35. The average molecular weight is 240 g/mol. The molecule has 1 aromatic heterocycles. The van der Waals surface area contributed by atoms with Crippen LogP contribution in [0.15, 0.2) is 41.2 Å². The molecule has 3 heteroatoms. The Morgan fingerprint density at radius 2 is 1.78 bits per heavy atom. The Bertz CT molecular complexity index is 574. The van der Waals surface area contributed by atoms with Crippen LogP contribution in [0.4, 0.5) is 0 Å². The van der Waals surface area contributed by atoms with E-state index in [4.69, 9.17) is 0 Å². The van der Waals surface area contributed by atoms with Crippen molar-refractivity contribution in [3.8, 4) is 0 Å². The summed E-state index contributed by atoms with van der Waals surface area (Å²) in [5, 5.41) is 6.32. The lowest BCUT2D eigenvalue weighted by Crippen LogP contribution is -2.05. The molecule has 0 saturated heterocycles. The summed E-state index contributed by atoms with van der Waals surface area (Å²) in [6, 6.07) is 11.6. The number of H-pyrrole nitrogens is 1. The van der Waals surface area contributed by atoms with Crippen molar-refractivity contribution in [3.05, 3.63) is 63.6 Å². The van der Waals surface area contributed by atoms with Gasteiger partial charge in [0.25, 0.3) is 5.56 Å². The maximum Gasteiger partial charge on any atom is 0.264 e. The highest BCUT2D eigenvalue weighted by Crippen LogP contribution is 2.15. The normalized spacial score (nSPS) is 11.3. The number of hydrogen-bond donors (Lipinski definition) is 1. The van der Waals surface area contributed by atoms with E-state index in [2.05, 4.69) is 48.3 Å². The first-order valence-corrected chi connectivity index (χ1v) is 5.99. The van der Waals surface area contributed by atoms with Crippen molar-refractivity contribution >= 4 is 12.2 Å². The molecule has 0 saturated carbocycles. The quantitative estimate of drug-likeness (QED) is 0.896. The highest BCUT2D eigenvalue weighted by Gasteiger charge is 1.97. The van der Waals surface area contributed by atoms with E-state index in [0.29, 0.717) is 5.92 Å². The molecule has 0 aliphatic heterocycles. The van der Waals surface area contributed by atoms with E-state index in [1.54, 1.807) is 6.07 Å². The van der Waals surface area contributed by atoms with Crippen molar-refractivity contribution in [2.75, 3.05) is 0 Å². The van der Waals surface area contributed by atoms with Gasteiger partial charge in [0.1, 0.15) is 0 Å². The largest absolute Gasteiger partial charge is 0.268 e. The predicted molar refractivity (Wildman–Crippen MR) is 74.3 cm³/mol. The van der Waals surface area contributed by atoms with E-state index in [0.717, 1.165) is 11.3 Å². The Labute approximate surface area is 106 Å². The molecular weight excluding hydrogens is 224 g/mol. The van der Waals surface area contributed by atoms with Crippen LogP contribution in [-0.4, -0.2) is 10.2 Å². The lowest BCUT2D eigenvalue weighted by molar-refractivity contribution is 0.866. The molecule has 0 bridgehead atoms. The fourth-order valence-corrected chi connectivity index (χ4v) is 1.62. The van der Waals surface area contributed by atoms with E-state index >= 15 is 0 Å². The molecule has 1 heterocycles. The second-order valence-corrected chi connectivity index (χ2v) is 4.50. The summed E-state index contributed by atoms with van der Waals surface area (Å²) >= 11 is 0. The predicted octanol–water partition coefficient (Wildman–Crippen LogP) is 3.06. The van der Waals surface area contributed by atoms with Crippen LogP contribution < -0.4 is 5.56 Å². The highest BCUT2D eigenvalue weighted by molar-refractivity contribution is 5.67. The minimum atomic E-state index is -0.187. The van der Waals surface area contributed by atoms with Crippen molar-refractivity contribution in [2.45, 2.75) is 19.8 Å². The van der Waals surface area contributed by atoms with Crippen molar-refractivity contribution < 1.29 is 0 Å². The van der Waals surface area contributed by atoms with E-state index < -0.39 is 0 Å². The topological polar surface area (TPSA) is 45.8 Å². The molecule has 3 nitrogen and oxygen atoms in total. The molecule has 0 amide bonds. The first-order valence-electron chi connectivity index (χ1n) is 5.99. The van der Waals surface area contributed by atoms with Gasteiger partial charge in [-0.2, -0.15) is 5.10 Å². The molecular formula is C15H16N2O. The van der Waals surface area contributed by atoms with Crippen molar-refractivity contribution in [1.82, 2.24) is 10.2 Å². The molecule has 2 rings (SSSR count). The molecule has 0 radical (unpaired) electrons. The van der Waals surface area contributed by atoms with Gasteiger partial charge >= 0.3 is 0 Å². The van der Waals surface area contributed by atoms with Gasteiger partial charge in [0, 0.05) is 6.07 Å². The number of hydrogen-bond acceptors (Lipinski definition) is 2. The van der Waals surface area contributed by atoms with Crippen molar-refractivity contribution in [1.29, 1.82) is 0 Å². The maximum absolute atomic E-state index is 10.9. The molecule has 0 unspecified atom stereocenters. The van der Waals surface area contributed by atoms with Crippen LogP contribution in [0.2, 0.25) is 0 Å². The Balaban J connectivity index is 2.13. The van der Waals surface area contributed by atoms with E-state index in [1.807, 2.05) is 12.2 Å². The molecule has 1 N–H and O–H groups in total. The molecule has 1 aromatic carbocycles. The summed E-state index contributed by atoms with van der Waals surface area (Å²) in [5.41, 5.74) is 3.00. The Morgan fingerprint density at radius 3 is 2.33 bits per heavy atom. The fourth-order valence-electron chi connectivity index (χ4n) is 1.62. The van der Waals surface area contributed by atoms with Crippen LogP contribution >= 0.6 is 0 Å². The van der Waals surface area contributed by atoms with Crippen LogP contribution in [0.1, 0.15) is 36.6 Å². The van der Waals surface area contributed by atoms with Gasteiger partial charge < -0.3 is 0 Å². The first-order chi connectivity index (χ1) is 8.65. The van der Waals surface area contributed by atoms with Gasteiger partial charge in [-0.05, 0) is 29.2 Å². The first kappa shape index (κ1) is 12.3. The second kappa shape index (κ2) is 5.45. The minimum absolute atomic E-state index is 0.187. The summed E-state index contributed by atoms with van der Waals surface area (Å²) in [7, 11) is 0. The minimum Gasteiger partial charge on any atom is -0.268 e. The van der Waals surface area contributed by atoms with Gasteiger partial charge in [-0.15, -0.1) is 0 Å². The smallest absolute Gasteiger partial charge is 0.264 e. The molecule has 18 heavy (non-hydrogen) atoms. The number of aromatic amines is 1. The zero-order valence-corrected chi connectivity index (χ0v) is 10.6. The van der Waals surface area contributed by atoms with Crippen LogP contribution in [0.5, 0.6) is 0 Å². The molecule has 2 aromatic rings. The third kappa shape index (κ3) is 3.17. The maximum atomic E-state index is 10.9. The lowest BCUT2D eigenvalue weighted by atomic mass is 10.0. The Hall–Kier alpha value is -2.16.